The van der Waals surface area contributed by atoms with Gasteiger partial charge in [0.1, 0.15) is 5.78 Å². The van der Waals surface area contributed by atoms with Gasteiger partial charge in [-0.05, 0) is 155 Å². The third-order valence-electron chi connectivity index (χ3n) is 17.0. The largest absolute Gasteiger partial charge is 0.481 e. The van der Waals surface area contributed by atoms with Crippen LogP contribution in [0.4, 0.5) is 0 Å². The number of likely N-dealkylation sites (N-methyl/N-ethyl adjacent to an activating group) is 1. The van der Waals surface area contributed by atoms with E-state index in [0.29, 0.717) is 54.0 Å². The zero-order chi connectivity index (χ0) is 35.9. The lowest BCUT2D eigenvalue weighted by Gasteiger charge is -2.69. The van der Waals surface area contributed by atoms with Crippen LogP contribution in [0.2, 0.25) is 0 Å². The summed E-state index contributed by atoms with van der Waals surface area (Å²) < 4.78 is 0. The van der Waals surface area contributed by atoms with Gasteiger partial charge in [0, 0.05) is 36.3 Å². The number of fused-ring (bicyclic) bond motifs is 7. The van der Waals surface area contributed by atoms with Crippen molar-refractivity contribution in [2.45, 2.75) is 145 Å². The first-order valence-corrected chi connectivity index (χ1v) is 20.3. The highest BCUT2D eigenvalue weighted by molar-refractivity contribution is 6.00. The number of carboxylic acids is 1. The van der Waals surface area contributed by atoms with Crippen LogP contribution in [-0.2, 0) is 14.4 Å². The van der Waals surface area contributed by atoms with E-state index in [1.165, 1.54) is 44.1 Å². The van der Waals surface area contributed by atoms with Gasteiger partial charge in [0.05, 0.1) is 5.92 Å². The summed E-state index contributed by atoms with van der Waals surface area (Å²) in [5.41, 5.74) is 3.52. The Morgan fingerprint density at radius 3 is 2.27 bits per heavy atom. The summed E-state index contributed by atoms with van der Waals surface area (Å²) in [4.78, 5) is 39.0. The Morgan fingerprint density at radius 2 is 1.63 bits per heavy atom. The Morgan fingerprint density at radius 1 is 0.939 bits per heavy atom. The number of allylic oxidation sites excluding steroid dienone is 2. The minimum Gasteiger partial charge on any atom is -0.481 e. The highest BCUT2D eigenvalue weighted by atomic mass is 16.4. The van der Waals surface area contributed by atoms with Crippen LogP contribution in [0.25, 0.3) is 0 Å². The Bertz CT molecular complexity index is 1360. The van der Waals surface area contributed by atoms with Crippen molar-refractivity contribution < 1.29 is 19.5 Å². The fourth-order valence-corrected chi connectivity index (χ4v) is 13.9. The minimum atomic E-state index is -0.744. The van der Waals surface area contributed by atoms with E-state index >= 15 is 0 Å². The molecule has 11 unspecified atom stereocenters. The second-order valence-electron chi connectivity index (χ2n) is 20.3. The maximum Gasteiger partial charge on any atom is 0.306 e. The molecular weight excluding hydrogens is 608 g/mol. The van der Waals surface area contributed by atoms with Crippen LogP contribution in [0.1, 0.15) is 139 Å². The molecule has 0 aromatic carbocycles. The molecular formula is C43H70N2O4. The van der Waals surface area contributed by atoms with E-state index in [4.69, 9.17) is 0 Å². The molecule has 6 aliphatic carbocycles. The number of Topliss-reactive ketones (excluding diaryl/α,β-unsaturated/α-hetero) is 2. The van der Waals surface area contributed by atoms with Crippen LogP contribution >= 0.6 is 0 Å². The monoisotopic (exact) mass is 679 g/mol. The molecule has 0 radical (unpaired) electrons. The van der Waals surface area contributed by atoms with E-state index in [-0.39, 0.29) is 50.9 Å². The quantitative estimate of drug-likeness (QED) is 0.190. The fourth-order valence-electron chi connectivity index (χ4n) is 13.9. The van der Waals surface area contributed by atoms with Crippen molar-refractivity contribution in [2.24, 2.45) is 74.9 Å². The van der Waals surface area contributed by atoms with Crippen molar-refractivity contribution in [3.05, 3.63) is 11.1 Å². The predicted octanol–water partition coefficient (Wildman–Crippen LogP) is 8.49. The SMILES string of the molecule is CNC(C)(C)CNCCC12CCC3C(CCC4C3(C)CCC3C(C)(C)C(CC(=O)C5CC(C(=O)O)C5C)CCC34C)C1=C(C(C)C)C(=O)C2. The van der Waals surface area contributed by atoms with Crippen molar-refractivity contribution >= 4 is 17.5 Å². The van der Waals surface area contributed by atoms with Crippen molar-refractivity contribution in [3.63, 3.8) is 0 Å². The van der Waals surface area contributed by atoms with Gasteiger partial charge in [-0.2, -0.15) is 0 Å². The van der Waals surface area contributed by atoms with Gasteiger partial charge in [-0.1, -0.05) is 54.0 Å². The van der Waals surface area contributed by atoms with E-state index in [2.05, 4.69) is 66.0 Å². The molecule has 6 heteroatoms. The average Bonchev–Trinajstić information content (AvgIpc) is 3.32. The molecule has 0 bridgehead atoms. The number of rotatable bonds is 11. The third-order valence-corrected chi connectivity index (χ3v) is 17.0. The lowest BCUT2D eigenvalue weighted by molar-refractivity contribution is -0.193. The number of aliphatic carboxylic acids is 1. The summed E-state index contributed by atoms with van der Waals surface area (Å²) in [5.74, 6) is 2.67. The van der Waals surface area contributed by atoms with Crippen LogP contribution in [-0.4, -0.2) is 48.3 Å². The third kappa shape index (κ3) is 5.93. The first kappa shape index (κ1) is 37.2. The molecule has 6 nitrogen and oxygen atoms in total. The molecule has 0 aliphatic heterocycles. The van der Waals surface area contributed by atoms with Crippen LogP contribution in [0.5, 0.6) is 0 Å². The van der Waals surface area contributed by atoms with Crippen molar-refractivity contribution in [1.82, 2.24) is 10.6 Å². The zero-order valence-corrected chi connectivity index (χ0v) is 32.8. The van der Waals surface area contributed by atoms with Gasteiger partial charge in [-0.25, -0.2) is 0 Å². The summed E-state index contributed by atoms with van der Waals surface area (Å²) in [7, 11) is 2.03. The van der Waals surface area contributed by atoms with E-state index in [1.807, 2.05) is 14.0 Å². The lowest BCUT2D eigenvalue weighted by atomic mass is 9.35. The summed E-state index contributed by atoms with van der Waals surface area (Å²) >= 11 is 0. The van der Waals surface area contributed by atoms with Gasteiger partial charge in [-0.15, -0.1) is 0 Å². The first-order valence-electron chi connectivity index (χ1n) is 20.3. The highest BCUT2D eigenvalue weighted by Crippen LogP contribution is 2.74. The molecule has 0 spiro atoms. The predicted molar refractivity (Wildman–Crippen MR) is 197 cm³/mol. The minimum absolute atomic E-state index is 0.0357. The molecule has 0 aromatic heterocycles. The molecule has 0 aromatic rings. The maximum absolute atomic E-state index is 13.9. The molecule has 3 N–H and O–H groups in total. The molecule has 5 fully saturated rings. The van der Waals surface area contributed by atoms with Crippen molar-refractivity contribution in [1.29, 1.82) is 0 Å². The second-order valence-corrected chi connectivity index (χ2v) is 20.3. The van der Waals surface area contributed by atoms with Crippen LogP contribution in [0, 0.1) is 74.9 Å². The molecule has 5 saturated carbocycles. The summed E-state index contributed by atoms with van der Waals surface area (Å²) in [5, 5.41) is 16.7. The van der Waals surface area contributed by atoms with Gasteiger partial charge in [0.15, 0.2) is 5.78 Å². The maximum atomic E-state index is 13.9. The molecule has 0 heterocycles. The molecule has 11 atom stereocenters. The number of nitrogens with one attached hydrogen (secondary N) is 2. The van der Waals surface area contributed by atoms with E-state index < -0.39 is 5.97 Å². The van der Waals surface area contributed by atoms with Gasteiger partial charge < -0.3 is 15.7 Å². The molecule has 49 heavy (non-hydrogen) atoms. The van der Waals surface area contributed by atoms with Gasteiger partial charge in [0.25, 0.3) is 0 Å². The number of carbonyl (C=O) groups is 3. The Balaban J connectivity index is 1.21. The van der Waals surface area contributed by atoms with Crippen molar-refractivity contribution in [2.75, 3.05) is 20.1 Å². The number of hydrogen-bond acceptors (Lipinski definition) is 5. The van der Waals surface area contributed by atoms with Gasteiger partial charge >= 0.3 is 5.97 Å². The first-order chi connectivity index (χ1) is 22.8. The Kier molecular flexibility index (Phi) is 9.76. The van der Waals surface area contributed by atoms with E-state index in [0.717, 1.165) is 38.8 Å². The molecule has 0 saturated heterocycles. The summed E-state index contributed by atoms with van der Waals surface area (Å²) in [6.07, 6.45) is 12.6. The Labute approximate surface area is 298 Å². The zero-order valence-electron chi connectivity index (χ0n) is 32.8. The second kappa shape index (κ2) is 12.8. The van der Waals surface area contributed by atoms with Gasteiger partial charge in [-0.3, -0.25) is 14.4 Å². The van der Waals surface area contributed by atoms with E-state index in [1.54, 1.807) is 5.57 Å². The smallest absolute Gasteiger partial charge is 0.306 e. The summed E-state index contributed by atoms with van der Waals surface area (Å²) in [6.45, 7) is 23.1. The molecule has 276 valence electrons. The summed E-state index contributed by atoms with van der Waals surface area (Å²) in [6, 6.07) is 0. The Hall–Kier alpha value is -1.53. The van der Waals surface area contributed by atoms with Gasteiger partial charge in [0.2, 0.25) is 0 Å². The molecule has 6 aliphatic rings. The highest BCUT2D eigenvalue weighted by Gasteiger charge is 2.66. The number of carbonyl (C=O) groups excluding carboxylic acids is 2. The molecule has 6 rings (SSSR count). The van der Waals surface area contributed by atoms with Crippen LogP contribution in [0.3, 0.4) is 0 Å². The number of carboxylic acid groups (broad SMARTS) is 1. The average molecular weight is 679 g/mol. The topological polar surface area (TPSA) is 95.5 Å². The standard InChI is InChI=1S/C43H70N2O4/c1-25(2)36-33(47)23-43(19-20-45-24-39(4,5)44-10)18-14-31-28(37(36)43)11-12-35-41(31,8)17-15-34-40(6,7)27(13-16-42(34,35)9)21-32(46)29-22-30(26(29)3)38(48)49/h25-31,34-35,44-45H,11-24H2,1-10H3,(H,48,49). The molecule has 0 amide bonds. The van der Waals surface area contributed by atoms with Crippen molar-refractivity contribution in [3.8, 4) is 0 Å². The number of hydrogen-bond donors (Lipinski definition) is 3. The van der Waals surface area contributed by atoms with E-state index in [9.17, 15) is 19.5 Å². The lowest BCUT2D eigenvalue weighted by Crippen LogP contribution is -2.62. The van der Waals surface area contributed by atoms with Crippen LogP contribution in [0.15, 0.2) is 11.1 Å². The normalized spacial score (nSPS) is 43.0. The fraction of sp³-hybridized carbons (Fsp3) is 0.884. The number of ketones is 2. The van der Waals surface area contributed by atoms with Crippen LogP contribution < -0.4 is 10.6 Å².